The molecule has 2 bridgehead atoms. The van der Waals surface area contributed by atoms with Gasteiger partial charge in [0.25, 0.3) is 5.92 Å². The number of alkyl halides is 2. The monoisotopic (exact) mass is 629 g/mol. The quantitative estimate of drug-likeness (QED) is 0.396. The first-order valence-corrected chi connectivity index (χ1v) is 15.9. The van der Waals surface area contributed by atoms with Crippen LogP contribution in [0.3, 0.4) is 0 Å². The highest BCUT2D eigenvalue weighted by atomic mass is 19.3. The molecule has 0 spiro atoms. The van der Waals surface area contributed by atoms with Gasteiger partial charge in [-0.25, -0.2) is 18.6 Å². The Morgan fingerprint density at radius 2 is 1.96 bits per heavy atom. The van der Waals surface area contributed by atoms with Crippen LogP contribution in [-0.2, 0) is 20.2 Å². The van der Waals surface area contributed by atoms with Crippen molar-refractivity contribution in [2.45, 2.75) is 110 Å². The van der Waals surface area contributed by atoms with Gasteiger partial charge in [0.05, 0.1) is 30.8 Å². The lowest BCUT2D eigenvalue weighted by atomic mass is 9.85. The number of aromatic nitrogens is 1. The van der Waals surface area contributed by atoms with Crippen LogP contribution < -0.4 is 14.8 Å². The summed E-state index contributed by atoms with van der Waals surface area (Å²) in [5, 5.41) is 3.35. The van der Waals surface area contributed by atoms with Crippen molar-refractivity contribution in [3.8, 4) is 11.6 Å². The smallest absolute Gasteiger partial charge is 0.408 e. The molecule has 3 heterocycles. The van der Waals surface area contributed by atoms with E-state index in [1.165, 1.54) is 12.0 Å². The van der Waals surface area contributed by atoms with E-state index in [0.29, 0.717) is 54.2 Å². The number of pyridine rings is 1. The number of ether oxygens (including phenoxy) is 3. The molecule has 1 aromatic carbocycles. The first-order valence-electron chi connectivity index (χ1n) is 15.9. The minimum atomic E-state index is -3.26. The summed E-state index contributed by atoms with van der Waals surface area (Å²) in [6.45, 7) is 10.8. The van der Waals surface area contributed by atoms with Crippen molar-refractivity contribution in [3.63, 3.8) is 0 Å². The fourth-order valence-electron chi connectivity index (χ4n) is 7.11. The highest BCUT2D eigenvalue weighted by Gasteiger charge is 2.54. The first kappa shape index (κ1) is 32.9. The number of carbonyl (C=O) groups excluding carboxylic acids is 3. The highest BCUT2D eigenvalue weighted by Crippen LogP contribution is 2.50. The Kier molecular flexibility index (Phi) is 8.78. The fourth-order valence-corrected chi connectivity index (χ4v) is 7.11. The summed E-state index contributed by atoms with van der Waals surface area (Å²) >= 11 is 0. The Hall–Kier alpha value is -3.50. The van der Waals surface area contributed by atoms with E-state index in [4.69, 9.17) is 14.2 Å². The van der Waals surface area contributed by atoms with E-state index < -0.39 is 59.5 Å². The standard InChI is InChI=1S/C34H45F2N3O6/c1-8-22-25(18-40)39-17-26(22)44-29-27(19(2)23-13-12-21(43-7)15-24(23)37-29)34(35,36)14-10-9-11-20-16-33(20,6)45-31(42)38-28(30(39)41)32(3,4)5/h12-13,15,18,20,22,25-26,28H,8-11,14,16-17H2,1-7H3,(H,38,42)/t20-,22+,25-,26+,28-,33-/m1/s1. The van der Waals surface area contributed by atoms with Crippen LogP contribution in [0.25, 0.3) is 10.9 Å². The lowest BCUT2D eigenvalue weighted by Crippen LogP contribution is -2.56. The largest absolute Gasteiger partial charge is 0.497 e. The normalized spacial score (nSPS) is 30.6. The molecule has 1 N–H and O–H groups in total. The zero-order chi connectivity index (χ0) is 32.9. The summed E-state index contributed by atoms with van der Waals surface area (Å²) < 4.78 is 50.1. The fraction of sp³-hybridized carbons (Fsp3) is 0.647. The second-order valence-corrected chi connectivity index (χ2v) is 14.1. The molecule has 1 aromatic heterocycles. The van der Waals surface area contributed by atoms with Crippen molar-refractivity contribution in [2.24, 2.45) is 17.3 Å². The topological polar surface area (TPSA) is 107 Å². The lowest BCUT2D eigenvalue weighted by molar-refractivity contribution is -0.139. The number of hydrogen-bond acceptors (Lipinski definition) is 7. The van der Waals surface area contributed by atoms with Gasteiger partial charge in [0.1, 0.15) is 29.8 Å². The molecule has 11 heteroatoms. The Labute approximate surface area is 263 Å². The van der Waals surface area contributed by atoms with Gasteiger partial charge in [-0.15, -0.1) is 0 Å². The van der Waals surface area contributed by atoms with Crippen molar-refractivity contribution in [2.75, 3.05) is 13.7 Å². The Balaban J connectivity index is 1.61. The van der Waals surface area contributed by atoms with Gasteiger partial charge in [-0.1, -0.05) is 34.1 Å². The minimum Gasteiger partial charge on any atom is -0.497 e. The summed E-state index contributed by atoms with van der Waals surface area (Å²) in [4.78, 5) is 45.8. The number of nitrogens with one attached hydrogen (secondary N) is 1. The molecule has 2 aliphatic heterocycles. The van der Waals surface area contributed by atoms with E-state index in [1.54, 1.807) is 25.1 Å². The third-order valence-electron chi connectivity index (χ3n) is 9.94. The van der Waals surface area contributed by atoms with Crippen LogP contribution in [0.1, 0.15) is 84.3 Å². The van der Waals surface area contributed by atoms with E-state index in [0.717, 1.165) is 0 Å². The molecule has 1 saturated heterocycles. The molecule has 45 heavy (non-hydrogen) atoms. The SMILES string of the molecule is CC[C@@H]1[C@@H]2CN(C(=O)[C@H](C(C)(C)C)NC(=O)O[C@]3(C)C[C@H]3CCCCC(F)(F)c3c(nc4cc(OC)ccc4c3C)O2)[C@@H]1C=O. The summed E-state index contributed by atoms with van der Waals surface area (Å²) in [5.74, 6) is -3.84. The number of halogens is 2. The second-order valence-electron chi connectivity index (χ2n) is 14.1. The van der Waals surface area contributed by atoms with Gasteiger partial charge in [-0.2, -0.15) is 0 Å². The van der Waals surface area contributed by atoms with Gasteiger partial charge in [0, 0.05) is 29.7 Å². The van der Waals surface area contributed by atoms with E-state index >= 15 is 8.78 Å². The Morgan fingerprint density at radius 3 is 2.60 bits per heavy atom. The summed E-state index contributed by atoms with van der Waals surface area (Å²) in [7, 11) is 1.52. The minimum absolute atomic E-state index is 0.0360. The zero-order valence-corrected chi connectivity index (χ0v) is 27.2. The molecule has 0 unspecified atom stereocenters. The number of amides is 2. The molecular weight excluding hydrogens is 584 g/mol. The summed E-state index contributed by atoms with van der Waals surface area (Å²) in [6.07, 6.45) is 1.28. The molecule has 1 saturated carbocycles. The van der Waals surface area contributed by atoms with E-state index in [2.05, 4.69) is 10.3 Å². The van der Waals surface area contributed by atoms with E-state index in [9.17, 15) is 14.4 Å². The van der Waals surface area contributed by atoms with Gasteiger partial charge in [-0.3, -0.25) is 4.79 Å². The molecule has 1 aliphatic carbocycles. The van der Waals surface area contributed by atoms with Gasteiger partial charge in [-0.05, 0) is 62.6 Å². The van der Waals surface area contributed by atoms with E-state index in [-0.39, 0.29) is 30.3 Å². The molecule has 2 fully saturated rings. The number of rotatable bonds is 3. The van der Waals surface area contributed by atoms with Crippen molar-refractivity contribution in [1.29, 1.82) is 0 Å². The summed E-state index contributed by atoms with van der Waals surface area (Å²) in [5.41, 5.74) is -0.912. The number of hydrogen-bond donors (Lipinski definition) is 1. The predicted molar refractivity (Wildman–Crippen MR) is 165 cm³/mol. The van der Waals surface area contributed by atoms with Crippen molar-refractivity contribution in [3.05, 3.63) is 29.3 Å². The second kappa shape index (κ2) is 12.0. The molecule has 2 aromatic rings. The third-order valence-corrected chi connectivity index (χ3v) is 9.94. The van der Waals surface area contributed by atoms with Crippen LogP contribution in [0, 0.1) is 24.2 Å². The first-order chi connectivity index (χ1) is 21.1. The number of fused-ring (bicyclic) bond motifs is 5. The van der Waals surface area contributed by atoms with Crippen molar-refractivity contribution in [1.82, 2.24) is 15.2 Å². The molecule has 3 aliphatic rings. The Bertz CT molecular complexity index is 1480. The predicted octanol–water partition coefficient (Wildman–Crippen LogP) is 6.32. The number of nitrogens with zero attached hydrogens (tertiary/aromatic N) is 2. The average molecular weight is 630 g/mol. The zero-order valence-electron chi connectivity index (χ0n) is 27.2. The number of methoxy groups -OCH3 is 1. The molecule has 6 atom stereocenters. The highest BCUT2D eigenvalue weighted by molar-refractivity contribution is 5.89. The molecule has 5 rings (SSSR count). The van der Waals surface area contributed by atoms with E-state index in [1.807, 2.05) is 34.6 Å². The number of benzene rings is 1. The van der Waals surface area contributed by atoms with Crippen LogP contribution in [0.15, 0.2) is 18.2 Å². The molecular formula is C34H45F2N3O6. The molecule has 0 radical (unpaired) electrons. The van der Waals surface area contributed by atoms with Crippen molar-refractivity contribution >= 4 is 29.2 Å². The van der Waals surface area contributed by atoms with Gasteiger partial charge >= 0.3 is 6.09 Å². The molecule has 2 amide bonds. The maximum absolute atomic E-state index is 16.3. The number of carbonyl (C=O) groups is 3. The van der Waals surface area contributed by atoms with Crippen LogP contribution in [-0.4, -0.2) is 65.6 Å². The molecule has 9 nitrogen and oxygen atoms in total. The number of aldehydes is 1. The lowest BCUT2D eigenvalue weighted by Gasteiger charge is -2.35. The number of aryl methyl sites for hydroxylation is 1. The maximum atomic E-state index is 16.3. The average Bonchev–Trinajstić information content (AvgIpc) is 3.46. The molecule has 246 valence electrons. The van der Waals surface area contributed by atoms with Crippen LogP contribution in [0.2, 0.25) is 0 Å². The Morgan fingerprint density at radius 1 is 1.22 bits per heavy atom. The van der Waals surface area contributed by atoms with Gasteiger partial charge < -0.3 is 29.2 Å². The van der Waals surface area contributed by atoms with Gasteiger partial charge in [0.15, 0.2) is 0 Å². The third kappa shape index (κ3) is 6.31. The van der Waals surface area contributed by atoms with Crippen LogP contribution in [0.4, 0.5) is 13.6 Å². The van der Waals surface area contributed by atoms with Crippen molar-refractivity contribution < 1.29 is 37.4 Å². The van der Waals surface area contributed by atoms with Crippen LogP contribution >= 0.6 is 0 Å². The maximum Gasteiger partial charge on any atom is 0.408 e. The summed E-state index contributed by atoms with van der Waals surface area (Å²) in [6, 6.07) is 3.23. The van der Waals surface area contributed by atoms with Crippen LogP contribution in [0.5, 0.6) is 11.6 Å². The van der Waals surface area contributed by atoms with Gasteiger partial charge in [0.2, 0.25) is 11.8 Å². The number of alkyl carbamates (subject to hydrolysis) is 1.